The zero-order chi connectivity index (χ0) is 16.5. The van der Waals surface area contributed by atoms with Gasteiger partial charge in [-0.25, -0.2) is 0 Å². The van der Waals surface area contributed by atoms with Crippen LogP contribution in [-0.4, -0.2) is 53.3 Å². The first-order valence-corrected chi connectivity index (χ1v) is 8.64. The van der Waals surface area contributed by atoms with Crippen molar-refractivity contribution in [3.63, 3.8) is 0 Å². The second-order valence-corrected chi connectivity index (χ2v) is 7.56. The first-order chi connectivity index (χ1) is 10.3. The van der Waals surface area contributed by atoms with Crippen LogP contribution in [0.25, 0.3) is 0 Å². The van der Waals surface area contributed by atoms with Crippen molar-refractivity contribution in [3.05, 3.63) is 0 Å². The minimum Gasteiger partial charge on any atom is -0.342 e. The van der Waals surface area contributed by atoms with E-state index in [1.165, 1.54) is 0 Å². The van der Waals surface area contributed by atoms with Gasteiger partial charge in [0.05, 0.1) is 5.92 Å². The van der Waals surface area contributed by atoms with Crippen molar-refractivity contribution in [2.75, 3.05) is 19.6 Å². The minimum atomic E-state index is -0.168. The molecule has 0 bridgehead atoms. The van der Waals surface area contributed by atoms with Crippen molar-refractivity contribution in [1.29, 1.82) is 0 Å². The molecule has 2 aliphatic heterocycles. The van der Waals surface area contributed by atoms with Crippen molar-refractivity contribution in [2.24, 2.45) is 17.1 Å². The molecular weight excluding hydrogens is 314 g/mol. The molecule has 2 rings (SSSR count). The highest BCUT2D eigenvalue weighted by atomic mass is 35.5. The molecule has 2 fully saturated rings. The fraction of sp³-hybridized carbons (Fsp3) is 0.882. The number of carbonyl (C=O) groups is 2. The molecule has 2 heterocycles. The van der Waals surface area contributed by atoms with Crippen LogP contribution in [0.1, 0.15) is 53.4 Å². The Kier molecular flexibility index (Phi) is 6.90. The highest BCUT2D eigenvalue weighted by Gasteiger charge is 2.42. The van der Waals surface area contributed by atoms with Crippen molar-refractivity contribution in [2.45, 2.75) is 65.5 Å². The Morgan fingerprint density at radius 3 is 2.48 bits per heavy atom. The first kappa shape index (κ1) is 20.2. The third-order valence-corrected chi connectivity index (χ3v) is 5.51. The van der Waals surface area contributed by atoms with Gasteiger partial charge in [0.2, 0.25) is 11.8 Å². The molecule has 0 aliphatic carbocycles. The number of rotatable bonds is 4. The van der Waals surface area contributed by atoms with Crippen LogP contribution in [0.2, 0.25) is 0 Å². The molecule has 2 aliphatic rings. The maximum absolute atomic E-state index is 12.8. The third kappa shape index (κ3) is 4.18. The number of amides is 2. The van der Waals surface area contributed by atoms with Crippen molar-refractivity contribution >= 4 is 24.2 Å². The molecule has 2 unspecified atom stereocenters. The molecule has 0 spiro atoms. The number of hydrogen-bond donors (Lipinski definition) is 1. The zero-order valence-electron chi connectivity index (χ0n) is 14.9. The topological polar surface area (TPSA) is 66.6 Å². The van der Waals surface area contributed by atoms with Crippen LogP contribution in [-0.2, 0) is 9.59 Å². The van der Waals surface area contributed by atoms with Gasteiger partial charge in [0.15, 0.2) is 0 Å². The lowest BCUT2D eigenvalue weighted by Gasteiger charge is -2.43. The van der Waals surface area contributed by atoms with Crippen molar-refractivity contribution < 1.29 is 9.59 Å². The van der Waals surface area contributed by atoms with Crippen LogP contribution in [0.3, 0.4) is 0 Å². The number of carbonyl (C=O) groups excluding carboxylic acids is 2. The second-order valence-electron chi connectivity index (χ2n) is 7.56. The Bertz CT molecular complexity index is 438. The van der Waals surface area contributed by atoms with Gasteiger partial charge >= 0.3 is 0 Å². The summed E-state index contributed by atoms with van der Waals surface area (Å²) >= 11 is 0. The van der Waals surface area contributed by atoms with Gasteiger partial charge in [0.25, 0.3) is 0 Å². The summed E-state index contributed by atoms with van der Waals surface area (Å²) in [7, 11) is 0. The highest BCUT2D eigenvalue weighted by Crippen LogP contribution is 2.31. The van der Waals surface area contributed by atoms with Crippen molar-refractivity contribution in [1.82, 2.24) is 9.80 Å². The summed E-state index contributed by atoms with van der Waals surface area (Å²) in [4.78, 5) is 28.9. The Morgan fingerprint density at radius 1 is 1.35 bits per heavy atom. The fourth-order valence-corrected chi connectivity index (χ4v) is 3.80. The quantitative estimate of drug-likeness (QED) is 0.847. The third-order valence-electron chi connectivity index (χ3n) is 5.51. The highest BCUT2D eigenvalue weighted by molar-refractivity contribution is 5.89. The molecule has 0 aromatic carbocycles. The molecule has 0 saturated carbocycles. The number of hydrogen-bond acceptors (Lipinski definition) is 3. The molecule has 0 radical (unpaired) electrons. The molecule has 2 amide bonds. The van der Waals surface area contributed by atoms with Crippen LogP contribution < -0.4 is 5.73 Å². The van der Waals surface area contributed by atoms with Gasteiger partial charge in [-0.1, -0.05) is 27.7 Å². The first-order valence-electron chi connectivity index (χ1n) is 8.64. The summed E-state index contributed by atoms with van der Waals surface area (Å²) in [6.07, 6.45) is 3.12. The maximum atomic E-state index is 12.8. The number of halogens is 1. The van der Waals surface area contributed by atoms with E-state index in [-0.39, 0.29) is 47.6 Å². The van der Waals surface area contributed by atoms with E-state index >= 15 is 0 Å². The van der Waals surface area contributed by atoms with Crippen LogP contribution in [0, 0.1) is 11.3 Å². The Labute approximate surface area is 146 Å². The zero-order valence-corrected chi connectivity index (χ0v) is 15.7. The molecule has 2 atom stereocenters. The monoisotopic (exact) mass is 345 g/mol. The lowest BCUT2D eigenvalue weighted by Crippen LogP contribution is -2.55. The fourth-order valence-electron chi connectivity index (χ4n) is 3.80. The lowest BCUT2D eigenvalue weighted by molar-refractivity contribution is -0.139. The minimum absolute atomic E-state index is 0. The SMILES string of the molecule is CCC(CC)N1CC(C(=O)N2CCC(N)C(C)(C)C2)CC1=O.Cl. The van der Waals surface area contributed by atoms with Crippen molar-refractivity contribution in [3.8, 4) is 0 Å². The summed E-state index contributed by atoms with van der Waals surface area (Å²) in [5.41, 5.74) is 6.10. The number of piperidine rings is 1. The summed E-state index contributed by atoms with van der Waals surface area (Å²) in [5, 5.41) is 0. The van der Waals surface area contributed by atoms with E-state index in [0.29, 0.717) is 19.5 Å². The Balaban J connectivity index is 0.00000264. The average molecular weight is 346 g/mol. The van der Waals surface area contributed by atoms with Crippen LogP contribution in [0.15, 0.2) is 0 Å². The number of nitrogens with zero attached hydrogens (tertiary/aromatic N) is 2. The molecule has 2 saturated heterocycles. The van der Waals surface area contributed by atoms with E-state index in [0.717, 1.165) is 25.8 Å². The van der Waals surface area contributed by atoms with Gasteiger partial charge in [-0.05, 0) is 24.7 Å². The van der Waals surface area contributed by atoms with Crippen LogP contribution in [0.5, 0.6) is 0 Å². The molecular formula is C17H32ClN3O2. The van der Waals surface area contributed by atoms with E-state index in [1.807, 2.05) is 9.80 Å². The predicted molar refractivity (Wildman–Crippen MR) is 94.4 cm³/mol. The standard InChI is InChI=1S/C17H31N3O2.ClH/c1-5-13(6-2)20-10-12(9-15(20)21)16(22)19-8-7-14(18)17(3,4)11-19;/h12-14H,5-11,18H2,1-4H3;1H. The number of nitrogens with two attached hydrogens (primary N) is 1. The Hall–Kier alpha value is -0.810. The molecule has 23 heavy (non-hydrogen) atoms. The molecule has 5 nitrogen and oxygen atoms in total. The predicted octanol–water partition coefficient (Wildman–Crippen LogP) is 2.03. The molecule has 0 aromatic heterocycles. The van der Waals surface area contributed by atoms with E-state index in [1.54, 1.807) is 0 Å². The smallest absolute Gasteiger partial charge is 0.228 e. The van der Waals surface area contributed by atoms with Gasteiger partial charge in [-0.3, -0.25) is 9.59 Å². The summed E-state index contributed by atoms with van der Waals surface area (Å²) in [6, 6.07) is 0.416. The Morgan fingerprint density at radius 2 is 1.96 bits per heavy atom. The van der Waals surface area contributed by atoms with Gasteiger partial charge in [-0.2, -0.15) is 0 Å². The maximum Gasteiger partial charge on any atom is 0.228 e. The van der Waals surface area contributed by atoms with Crippen LogP contribution >= 0.6 is 12.4 Å². The van der Waals surface area contributed by atoms with E-state index in [4.69, 9.17) is 5.73 Å². The number of likely N-dealkylation sites (tertiary alicyclic amines) is 2. The lowest BCUT2D eigenvalue weighted by atomic mass is 9.79. The second kappa shape index (κ2) is 7.84. The molecule has 0 aromatic rings. The molecule has 6 heteroatoms. The van der Waals surface area contributed by atoms with Crippen LogP contribution in [0.4, 0.5) is 0 Å². The average Bonchev–Trinajstić information content (AvgIpc) is 2.85. The van der Waals surface area contributed by atoms with E-state index in [9.17, 15) is 9.59 Å². The van der Waals surface area contributed by atoms with Gasteiger partial charge in [0.1, 0.15) is 0 Å². The van der Waals surface area contributed by atoms with Gasteiger partial charge < -0.3 is 15.5 Å². The van der Waals surface area contributed by atoms with E-state index < -0.39 is 0 Å². The summed E-state index contributed by atoms with van der Waals surface area (Å²) in [6.45, 7) is 10.5. The summed E-state index contributed by atoms with van der Waals surface area (Å²) < 4.78 is 0. The largest absolute Gasteiger partial charge is 0.342 e. The normalized spacial score (nSPS) is 27.3. The van der Waals surface area contributed by atoms with E-state index in [2.05, 4.69) is 27.7 Å². The van der Waals surface area contributed by atoms with Gasteiger partial charge in [0, 0.05) is 38.1 Å². The molecule has 2 N–H and O–H groups in total. The van der Waals surface area contributed by atoms with Gasteiger partial charge in [-0.15, -0.1) is 12.4 Å². The summed E-state index contributed by atoms with van der Waals surface area (Å²) in [5.74, 6) is 0.111. The molecule has 134 valence electrons.